The van der Waals surface area contributed by atoms with Crippen molar-refractivity contribution < 1.29 is 9.53 Å². The highest BCUT2D eigenvalue weighted by molar-refractivity contribution is 5.88. The fraction of sp³-hybridized carbons (Fsp3) is 0.579. The van der Waals surface area contributed by atoms with E-state index in [0.717, 1.165) is 50.1 Å². The number of morpholine rings is 1. The van der Waals surface area contributed by atoms with Crippen LogP contribution in [0.5, 0.6) is 0 Å². The van der Waals surface area contributed by atoms with Crippen molar-refractivity contribution in [2.45, 2.75) is 32.9 Å². The monoisotopic (exact) mass is 361 g/mol. The van der Waals surface area contributed by atoms with Crippen LogP contribution in [0.3, 0.4) is 0 Å². The van der Waals surface area contributed by atoms with E-state index >= 15 is 0 Å². The predicted molar refractivity (Wildman–Crippen MR) is 105 cm³/mol. The van der Waals surface area contributed by atoms with E-state index < -0.39 is 0 Å². The second-order valence-corrected chi connectivity index (χ2v) is 7.07. The van der Waals surface area contributed by atoms with Crippen LogP contribution in [0.25, 0.3) is 0 Å². The van der Waals surface area contributed by atoms with E-state index in [2.05, 4.69) is 39.7 Å². The van der Waals surface area contributed by atoms with Crippen molar-refractivity contribution >= 4 is 17.6 Å². The van der Waals surface area contributed by atoms with Crippen LogP contribution in [0.1, 0.15) is 26.3 Å². The van der Waals surface area contributed by atoms with Crippen molar-refractivity contribution in [3.05, 3.63) is 29.8 Å². The Kier molecular flexibility index (Phi) is 7.41. The quantitative estimate of drug-likeness (QED) is 0.528. The summed E-state index contributed by atoms with van der Waals surface area (Å²) in [6.07, 6.45) is 0. The third kappa shape index (κ3) is 6.31. The molecule has 1 fully saturated rings. The molecule has 0 radical (unpaired) electrons. The minimum Gasteiger partial charge on any atom is -0.379 e. The average Bonchev–Trinajstić information content (AvgIpc) is 2.62. The molecule has 1 heterocycles. The first-order valence-electron chi connectivity index (χ1n) is 9.04. The topological polar surface area (TPSA) is 78.0 Å². The first-order chi connectivity index (χ1) is 12.4. The number of anilines is 1. The van der Waals surface area contributed by atoms with Gasteiger partial charge in [-0.3, -0.25) is 14.7 Å². The molecule has 7 heteroatoms. The van der Waals surface area contributed by atoms with E-state index in [1.165, 1.54) is 6.92 Å². The molecule has 1 amide bonds. The molecule has 1 aromatic carbocycles. The molecule has 0 bridgehead atoms. The second kappa shape index (κ2) is 9.54. The lowest BCUT2D eigenvalue weighted by Crippen LogP contribution is -2.56. The summed E-state index contributed by atoms with van der Waals surface area (Å²) < 4.78 is 5.44. The highest BCUT2D eigenvalue weighted by atomic mass is 16.5. The Bertz CT molecular complexity index is 624. The number of nitrogens with zero attached hydrogens (tertiary/aromatic N) is 2. The Morgan fingerprint density at radius 2 is 2.00 bits per heavy atom. The highest BCUT2D eigenvalue weighted by Gasteiger charge is 2.28. The normalized spacial score (nSPS) is 16.2. The minimum atomic E-state index is -0.0714. The maximum absolute atomic E-state index is 11.2. The molecule has 0 saturated carbocycles. The first kappa shape index (κ1) is 20.2. The molecule has 26 heavy (non-hydrogen) atoms. The summed E-state index contributed by atoms with van der Waals surface area (Å²) in [6.45, 7) is 10.9. The van der Waals surface area contributed by atoms with Gasteiger partial charge in [0.2, 0.25) is 5.91 Å². The summed E-state index contributed by atoms with van der Waals surface area (Å²) in [5.41, 5.74) is 1.90. The van der Waals surface area contributed by atoms with Gasteiger partial charge in [0.15, 0.2) is 5.96 Å². The third-order valence-corrected chi connectivity index (χ3v) is 4.49. The predicted octanol–water partition coefficient (Wildman–Crippen LogP) is 1.42. The fourth-order valence-electron chi connectivity index (χ4n) is 2.95. The number of nitrogens with one attached hydrogen (secondary N) is 3. The molecule has 144 valence electrons. The van der Waals surface area contributed by atoms with Gasteiger partial charge in [0.25, 0.3) is 0 Å². The van der Waals surface area contributed by atoms with E-state index in [1.54, 1.807) is 7.05 Å². The number of carbonyl (C=O) groups is 1. The number of amides is 1. The number of ether oxygens (including phenoxy) is 1. The lowest BCUT2D eigenvalue weighted by atomic mass is 10.0. The molecule has 3 N–H and O–H groups in total. The standard InChI is InChI=1S/C19H31N5O2/c1-15(25)23-17-7-5-6-16(12-17)13-21-18(20-4)22-14-19(2,3)24-8-10-26-11-9-24/h5-7,12H,8-11,13-14H2,1-4H3,(H,23,25)(H2,20,21,22). The molecular weight excluding hydrogens is 330 g/mol. The van der Waals surface area contributed by atoms with E-state index in [9.17, 15) is 4.79 Å². The van der Waals surface area contributed by atoms with Crippen molar-refractivity contribution in [1.82, 2.24) is 15.5 Å². The van der Waals surface area contributed by atoms with Gasteiger partial charge >= 0.3 is 0 Å². The van der Waals surface area contributed by atoms with Gasteiger partial charge in [-0.05, 0) is 31.5 Å². The molecule has 0 atom stereocenters. The van der Waals surface area contributed by atoms with Crippen molar-refractivity contribution in [2.75, 3.05) is 45.2 Å². The maximum atomic E-state index is 11.2. The molecule has 0 aromatic heterocycles. The Morgan fingerprint density at radius 3 is 2.65 bits per heavy atom. The number of hydrogen-bond acceptors (Lipinski definition) is 4. The van der Waals surface area contributed by atoms with Gasteiger partial charge < -0.3 is 20.7 Å². The smallest absolute Gasteiger partial charge is 0.221 e. The molecule has 0 unspecified atom stereocenters. The van der Waals surface area contributed by atoms with E-state index in [4.69, 9.17) is 4.74 Å². The van der Waals surface area contributed by atoms with Crippen LogP contribution in [0.15, 0.2) is 29.3 Å². The Morgan fingerprint density at radius 1 is 1.27 bits per heavy atom. The molecule has 1 aliphatic heterocycles. The summed E-state index contributed by atoms with van der Waals surface area (Å²) in [4.78, 5) is 17.9. The highest BCUT2D eigenvalue weighted by Crippen LogP contribution is 2.15. The second-order valence-electron chi connectivity index (χ2n) is 7.07. The van der Waals surface area contributed by atoms with E-state index in [1.807, 2.05) is 24.3 Å². The van der Waals surface area contributed by atoms with Gasteiger partial charge in [0, 0.05) is 51.4 Å². The minimum absolute atomic E-state index is 0.0206. The largest absolute Gasteiger partial charge is 0.379 e. The van der Waals surface area contributed by atoms with Crippen molar-refractivity contribution in [2.24, 2.45) is 4.99 Å². The van der Waals surface area contributed by atoms with Gasteiger partial charge in [-0.25, -0.2) is 0 Å². The molecule has 1 saturated heterocycles. The molecule has 7 nitrogen and oxygen atoms in total. The maximum Gasteiger partial charge on any atom is 0.221 e. The number of benzene rings is 1. The van der Waals surface area contributed by atoms with Crippen LogP contribution in [-0.4, -0.2) is 62.2 Å². The van der Waals surface area contributed by atoms with Crippen LogP contribution in [0, 0.1) is 0 Å². The molecule has 0 spiro atoms. The van der Waals surface area contributed by atoms with Crippen LogP contribution < -0.4 is 16.0 Å². The van der Waals surface area contributed by atoms with Gasteiger partial charge in [-0.1, -0.05) is 12.1 Å². The number of guanidine groups is 1. The summed E-state index contributed by atoms with van der Waals surface area (Å²) >= 11 is 0. The summed E-state index contributed by atoms with van der Waals surface area (Å²) in [5.74, 6) is 0.689. The van der Waals surface area contributed by atoms with Crippen molar-refractivity contribution in [1.29, 1.82) is 0 Å². The van der Waals surface area contributed by atoms with Crippen molar-refractivity contribution in [3.8, 4) is 0 Å². The summed E-state index contributed by atoms with van der Waals surface area (Å²) in [7, 11) is 1.77. The zero-order valence-electron chi connectivity index (χ0n) is 16.3. The first-order valence-corrected chi connectivity index (χ1v) is 9.04. The van der Waals surface area contributed by atoms with Crippen LogP contribution in [0.2, 0.25) is 0 Å². The number of rotatable bonds is 6. The number of carbonyl (C=O) groups excluding carboxylic acids is 1. The lowest BCUT2D eigenvalue weighted by Gasteiger charge is -2.41. The fourth-order valence-corrected chi connectivity index (χ4v) is 2.95. The SMILES string of the molecule is CN=C(NCc1cccc(NC(C)=O)c1)NCC(C)(C)N1CCOCC1. The average molecular weight is 361 g/mol. The Balaban J connectivity index is 1.85. The number of hydrogen-bond donors (Lipinski definition) is 3. The molecule has 1 aliphatic rings. The molecule has 2 rings (SSSR count). The van der Waals surface area contributed by atoms with Crippen LogP contribution in [-0.2, 0) is 16.1 Å². The van der Waals surface area contributed by atoms with Gasteiger partial charge in [0.1, 0.15) is 0 Å². The van der Waals surface area contributed by atoms with Crippen LogP contribution >= 0.6 is 0 Å². The van der Waals surface area contributed by atoms with Gasteiger partial charge in [-0.15, -0.1) is 0 Å². The Hall–Kier alpha value is -2.12. The van der Waals surface area contributed by atoms with Gasteiger partial charge in [0.05, 0.1) is 13.2 Å². The molecule has 1 aromatic rings. The van der Waals surface area contributed by atoms with E-state index in [-0.39, 0.29) is 11.4 Å². The van der Waals surface area contributed by atoms with Crippen molar-refractivity contribution in [3.63, 3.8) is 0 Å². The zero-order chi connectivity index (χ0) is 19.0. The van der Waals surface area contributed by atoms with Gasteiger partial charge in [-0.2, -0.15) is 0 Å². The molecular formula is C19H31N5O2. The zero-order valence-corrected chi connectivity index (χ0v) is 16.3. The summed E-state index contributed by atoms with van der Waals surface area (Å²) in [5, 5.41) is 9.54. The Labute approximate surface area is 156 Å². The van der Waals surface area contributed by atoms with Crippen LogP contribution in [0.4, 0.5) is 5.69 Å². The summed E-state index contributed by atoms with van der Waals surface area (Å²) in [6, 6.07) is 7.78. The van der Waals surface area contributed by atoms with E-state index in [0.29, 0.717) is 6.54 Å². The third-order valence-electron chi connectivity index (χ3n) is 4.49. The lowest BCUT2D eigenvalue weighted by molar-refractivity contribution is -0.114. The number of aliphatic imine (C=N–C) groups is 1. The molecule has 0 aliphatic carbocycles.